The van der Waals surface area contributed by atoms with Crippen LogP contribution in [-0.4, -0.2) is 29.8 Å². The average molecular weight is 267 g/mol. The lowest BCUT2D eigenvalue weighted by molar-refractivity contribution is -0.0770. The van der Waals surface area contributed by atoms with Gasteiger partial charge in [0.05, 0.1) is 5.92 Å². The van der Waals surface area contributed by atoms with E-state index in [1.54, 1.807) is 0 Å². The van der Waals surface area contributed by atoms with Gasteiger partial charge in [0.25, 0.3) is 0 Å². The molecule has 1 aliphatic rings. The van der Waals surface area contributed by atoms with Crippen LogP contribution in [0.2, 0.25) is 0 Å². The van der Waals surface area contributed by atoms with Crippen molar-refractivity contribution < 1.29 is 9.26 Å². The molecular formula is C14H25N3O2. The van der Waals surface area contributed by atoms with Crippen molar-refractivity contribution in [3.63, 3.8) is 0 Å². The lowest BCUT2D eigenvalue weighted by Crippen LogP contribution is -2.32. The summed E-state index contributed by atoms with van der Waals surface area (Å²) in [5, 5.41) is 7.43. The molecule has 19 heavy (non-hydrogen) atoms. The second-order valence-electron chi connectivity index (χ2n) is 5.58. The van der Waals surface area contributed by atoms with Crippen LogP contribution >= 0.6 is 0 Å². The van der Waals surface area contributed by atoms with Gasteiger partial charge in [-0.2, -0.15) is 4.98 Å². The van der Waals surface area contributed by atoms with Crippen LogP contribution in [0.4, 0.5) is 0 Å². The topological polar surface area (TPSA) is 60.2 Å². The minimum absolute atomic E-state index is 0.212. The van der Waals surface area contributed by atoms with E-state index in [1.165, 1.54) is 0 Å². The predicted octanol–water partition coefficient (Wildman–Crippen LogP) is 2.59. The molecule has 0 amide bonds. The van der Waals surface area contributed by atoms with Gasteiger partial charge in [-0.25, -0.2) is 0 Å². The van der Waals surface area contributed by atoms with Gasteiger partial charge in [0, 0.05) is 12.6 Å². The van der Waals surface area contributed by atoms with E-state index < -0.39 is 0 Å². The Labute approximate surface area is 115 Å². The molecule has 0 saturated carbocycles. The van der Waals surface area contributed by atoms with Crippen LogP contribution in [0.15, 0.2) is 4.52 Å². The highest BCUT2D eigenvalue weighted by Crippen LogP contribution is 2.33. The van der Waals surface area contributed by atoms with Gasteiger partial charge < -0.3 is 14.6 Å². The van der Waals surface area contributed by atoms with E-state index in [9.17, 15) is 0 Å². The normalized spacial score (nSPS) is 27.2. The maximum absolute atomic E-state index is 5.86. The van der Waals surface area contributed by atoms with Gasteiger partial charge in [0.15, 0.2) is 0 Å². The summed E-state index contributed by atoms with van der Waals surface area (Å²) in [5.74, 6) is 1.61. The van der Waals surface area contributed by atoms with Gasteiger partial charge in [0.1, 0.15) is 5.60 Å². The minimum atomic E-state index is -0.374. The fourth-order valence-corrected chi connectivity index (χ4v) is 2.73. The van der Waals surface area contributed by atoms with Crippen molar-refractivity contribution in [3.8, 4) is 0 Å². The molecule has 0 radical (unpaired) electrons. The third-order valence-corrected chi connectivity index (χ3v) is 4.19. The predicted molar refractivity (Wildman–Crippen MR) is 73.0 cm³/mol. The second kappa shape index (κ2) is 6.01. The van der Waals surface area contributed by atoms with Crippen molar-refractivity contribution in [2.75, 3.05) is 13.7 Å². The molecule has 2 rings (SSSR count). The van der Waals surface area contributed by atoms with Crippen molar-refractivity contribution in [2.24, 2.45) is 0 Å². The summed E-state index contributed by atoms with van der Waals surface area (Å²) < 4.78 is 11.3. The average Bonchev–Trinajstić information content (AvgIpc) is 2.91. The van der Waals surface area contributed by atoms with Crippen molar-refractivity contribution >= 4 is 0 Å². The monoisotopic (exact) mass is 267 g/mol. The highest BCUT2D eigenvalue weighted by molar-refractivity contribution is 5.04. The Bertz CT molecular complexity index is 395. The van der Waals surface area contributed by atoms with Gasteiger partial charge in [-0.1, -0.05) is 19.0 Å². The van der Waals surface area contributed by atoms with Crippen molar-refractivity contribution in [3.05, 3.63) is 11.7 Å². The van der Waals surface area contributed by atoms with E-state index >= 15 is 0 Å². The molecule has 3 unspecified atom stereocenters. The first-order valence-electron chi connectivity index (χ1n) is 7.26. The SMILES string of the molecule is CCC(NC)C(C)c1nc(C2(C)CCCCO2)no1. The summed E-state index contributed by atoms with van der Waals surface area (Å²) in [5.41, 5.74) is -0.374. The van der Waals surface area contributed by atoms with Crippen LogP contribution in [0.5, 0.6) is 0 Å². The van der Waals surface area contributed by atoms with Crippen molar-refractivity contribution in [1.82, 2.24) is 15.5 Å². The number of hydrogen-bond donors (Lipinski definition) is 1. The van der Waals surface area contributed by atoms with Crippen LogP contribution in [-0.2, 0) is 10.3 Å². The third kappa shape index (κ3) is 2.98. The molecular weight excluding hydrogens is 242 g/mol. The first-order chi connectivity index (χ1) is 9.10. The number of likely N-dealkylation sites (N-methyl/N-ethyl adjacent to an activating group) is 1. The summed E-state index contributed by atoms with van der Waals surface area (Å²) >= 11 is 0. The van der Waals surface area contributed by atoms with Gasteiger partial charge in [-0.05, 0) is 39.7 Å². The van der Waals surface area contributed by atoms with Crippen LogP contribution in [0.25, 0.3) is 0 Å². The molecule has 3 atom stereocenters. The van der Waals surface area contributed by atoms with E-state index in [2.05, 4.69) is 36.2 Å². The first-order valence-corrected chi connectivity index (χ1v) is 7.26. The lowest BCUT2D eigenvalue weighted by Gasteiger charge is -2.30. The minimum Gasteiger partial charge on any atom is -0.367 e. The first kappa shape index (κ1) is 14.5. The molecule has 0 aromatic carbocycles. The smallest absolute Gasteiger partial charge is 0.231 e. The molecule has 108 valence electrons. The molecule has 5 heteroatoms. The van der Waals surface area contributed by atoms with E-state index in [1.807, 2.05) is 7.05 Å². The Balaban J connectivity index is 2.14. The highest BCUT2D eigenvalue weighted by Gasteiger charge is 2.35. The Morgan fingerprint density at radius 1 is 1.42 bits per heavy atom. The van der Waals surface area contributed by atoms with Gasteiger partial charge >= 0.3 is 0 Å². The Morgan fingerprint density at radius 2 is 2.21 bits per heavy atom. The molecule has 1 aromatic heterocycles. The van der Waals surface area contributed by atoms with Gasteiger partial charge in [-0.15, -0.1) is 0 Å². The molecule has 1 N–H and O–H groups in total. The molecule has 1 saturated heterocycles. The maximum atomic E-state index is 5.86. The number of aromatic nitrogens is 2. The van der Waals surface area contributed by atoms with Crippen LogP contribution in [0.3, 0.4) is 0 Å². The van der Waals surface area contributed by atoms with Crippen molar-refractivity contribution in [1.29, 1.82) is 0 Å². The summed E-state index contributed by atoms with van der Waals surface area (Å²) in [6.07, 6.45) is 4.27. The van der Waals surface area contributed by atoms with Crippen LogP contribution < -0.4 is 5.32 Å². The fourth-order valence-electron chi connectivity index (χ4n) is 2.73. The van der Waals surface area contributed by atoms with Crippen molar-refractivity contribution in [2.45, 2.75) is 64.0 Å². The number of nitrogens with zero attached hydrogens (tertiary/aromatic N) is 2. The zero-order valence-corrected chi connectivity index (χ0v) is 12.4. The standard InChI is InChI=1S/C14H25N3O2/c1-5-11(15-4)10(2)12-16-13(17-19-12)14(3)8-6-7-9-18-14/h10-11,15H,5-9H2,1-4H3. The number of ether oxygens (including phenoxy) is 1. The van der Waals surface area contributed by atoms with Gasteiger partial charge in [-0.3, -0.25) is 0 Å². The Morgan fingerprint density at radius 3 is 2.79 bits per heavy atom. The molecule has 1 aliphatic heterocycles. The quantitative estimate of drug-likeness (QED) is 0.888. The molecule has 1 fully saturated rings. The zero-order chi connectivity index (χ0) is 13.9. The van der Waals surface area contributed by atoms with Gasteiger partial charge in [0.2, 0.25) is 11.7 Å². The molecule has 0 spiro atoms. The maximum Gasteiger partial charge on any atom is 0.231 e. The zero-order valence-electron chi connectivity index (χ0n) is 12.4. The van der Waals surface area contributed by atoms with Crippen LogP contribution in [0, 0.1) is 0 Å². The molecule has 5 nitrogen and oxygen atoms in total. The number of rotatable bonds is 5. The van der Waals surface area contributed by atoms with E-state index in [4.69, 9.17) is 9.26 Å². The third-order valence-electron chi connectivity index (χ3n) is 4.19. The highest BCUT2D eigenvalue weighted by atomic mass is 16.5. The summed E-state index contributed by atoms with van der Waals surface area (Å²) in [4.78, 5) is 4.58. The van der Waals surface area contributed by atoms with E-state index in [0.29, 0.717) is 17.8 Å². The summed E-state index contributed by atoms with van der Waals surface area (Å²) in [6.45, 7) is 7.11. The number of hydrogen-bond acceptors (Lipinski definition) is 5. The van der Waals surface area contributed by atoms with Crippen LogP contribution in [0.1, 0.15) is 64.1 Å². The van der Waals surface area contributed by atoms with E-state index in [-0.39, 0.29) is 11.5 Å². The molecule has 2 heterocycles. The number of nitrogens with one attached hydrogen (secondary N) is 1. The lowest BCUT2D eigenvalue weighted by atomic mass is 9.95. The summed E-state index contributed by atoms with van der Waals surface area (Å²) in [6, 6.07) is 0.355. The fraction of sp³-hybridized carbons (Fsp3) is 0.857. The largest absolute Gasteiger partial charge is 0.367 e. The van der Waals surface area contributed by atoms with E-state index in [0.717, 1.165) is 32.3 Å². The second-order valence-corrected chi connectivity index (χ2v) is 5.58. The molecule has 0 aliphatic carbocycles. The Hall–Kier alpha value is -0.940. The molecule has 1 aromatic rings. The Kier molecular flexibility index (Phi) is 4.58. The summed E-state index contributed by atoms with van der Waals surface area (Å²) in [7, 11) is 1.97. The molecule has 0 bridgehead atoms.